The van der Waals surface area contributed by atoms with E-state index in [2.05, 4.69) is 11.8 Å². The van der Waals surface area contributed by atoms with Gasteiger partial charge in [0.05, 0.1) is 0 Å². The van der Waals surface area contributed by atoms with Crippen LogP contribution in [0.1, 0.15) is 45.4 Å². The first-order valence-electron chi connectivity index (χ1n) is 6.73. The number of likely N-dealkylation sites (tertiary alicyclic amines) is 1. The van der Waals surface area contributed by atoms with E-state index in [1.54, 1.807) is 0 Å². The summed E-state index contributed by atoms with van der Waals surface area (Å²) in [4.78, 5) is 14.4. The zero-order chi connectivity index (χ0) is 11.5. The summed E-state index contributed by atoms with van der Waals surface area (Å²) in [6, 6.07) is 0.320. The second kappa shape index (κ2) is 5.17. The van der Waals surface area contributed by atoms with Gasteiger partial charge < -0.3 is 10.6 Å². The SMILES string of the molecule is CC1CC(N)CCC1C(=O)N1CCCCC1. The van der Waals surface area contributed by atoms with Gasteiger partial charge in [-0.1, -0.05) is 6.92 Å². The fraction of sp³-hybridized carbons (Fsp3) is 0.923. The molecule has 1 aliphatic carbocycles. The predicted molar refractivity (Wildman–Crippen MR) is 64.9 cm³/mol. The molecule has 1 saturated carbocycles. The smallest absolute Gasteiger partial charge is 0.225 e. The molecule has 2 N–H and O–H groups in total. The van der Waals surface area contributed by atoms with Crippen molar-refractivity contribution in [1.82, 2.24) is 4.90 Å². The van der Waals surface area contributed by atoms with Crippen LogP contribution in [-0.2, 0) is 4.79 Å². The predicted octanol–water partition coefficient (Wildman–Crippen LogP) is 1.76. The number of amides is 1. The van der Waals surface area contributed by atoms with E-state index in [-0.39, 0.29) is 5.92 Å². The van der Waals surface area contributed by atoms with Crippen LogP contribution in [-0.4, -0.2) is 29.9 Å². The van der Waals surface area contributed by atoms with Crippen LogP contribution >= 0.6 is 0 Å². The van der Waals surface area contributed by atoms with Crippen molar-refractivity contribution in [2.75, 3.05) is 13.1 Å². The molecular formula is C13H24N2O. The molecule has 0 aromatic heterocycles. The first-order chi connectivity index (χ1) is 7.68. The topological polar surface area (TPSA) is 46.3 Å². The Bertz CT molecular complexity index is 248. The highest BCUT2D eigenvalue weighted by Gasteiger charge is 2.33. The third-order valence-electron chi connectivity index (χ3n) is 4.19. The average molecular weight is 224 g/mol. The van der Waals surface area contributed by atoms with E-state index in [9.17, 15) is 4.79 Å². The minimum absolute atomic E-state index is 0.248. The van der Waals surface area contributed by atoms with Crippen molar-refractivity contribution < 1.29 is 4.79 Å². The van der Waals surface area contributed by atoms with Crippen LogP contribution in [0.15, 0.2) is 0 Å². The van der Waals surface area contributed by atoms with Crippen LogP contribution < -0.4 is 5.73 Å². The monoisotopic (exact) mass is 224 g/mol. The molecule has 1 amide bonds. The standard InChI is InChI=1S/C13H24N2O/c1-10-9-11(14)5-6-12(10)13(16)15-7-3-2-4-8-15/h10-12H,2-9,14H2,1H3. The highest BCUT2D eigenvalue weighted by atomic mass is 16.2. The second-order valence-electron chi connectivity index (χ2n) is 5.54. The lowest BCUT2D eigenvalue weighted by molar-refractivity contribution is -0.139. The van der Waals surface area contributed by atoms with E-state index in [4.69, 9.17) is 5.73 Å². The second-order valence-corrected chi connectivity index (χ2v) is 5.54. The Balaban J connectivity index is 1.92. The van der Waals surface area contributed by atoms with Gasteiger partial charge in [0.15, 0.2) is 0 Å². The van der Waals surface area contributed by atoms with Crippen molar-refractivity contribution in [3.8, 4) is 0 Å². The van der Waals surface area contributed by atoms with Gasteiger partial charge in [0, 0.05) is 25.0 Å². The Hall–Kier alpha value is -0.570. The van der Waals surface area contributed by atoms with Gasteiger partial charge in [0.2, 0.25) is 5.91 Å². The molecule has 3 atom stereocenters. The highest BCUT2D eigenvalue weighted by Crippen LogP contribution is 2.31. The molecule has 0 aromatic rings. The van der Waals surface area contributed by atoms with Gasteiger partial charge >= 0.3 is 0 Å². The molecule has 0 aromatic carbocycles. The molecular weight excluding hydrogens is 200 g/mol. The van der Waals surface area contributed by atoms with Gasteiger partial charge in [-0.15, -0.1) is 0 Å². The maximum atomic E-state index is 12.4. The van der Waals surface area contributed by atoms with Gasteiger partial charge in [-0.2, -0.15) is 0 Å². The number of hydrogen-bond donors (Lipinski definition) is 1. The Morgan fingerprint density at radius 2 is 1.88 bits per heavy atom. The van der Waals surface area contributed by atoms with Gasteiger partial charge in [-0.3, -0.25) is 4.79 Å². The van der Waals surface area contributed by atoms with E-state index in [0.29, 0.717) is 17.9 Å². The van der Waals surface area contributed by atoms with Crippen LogP contribution in [0.2, 0.25) is 0 Å². The lowest BCUT2D eigenvalue weighted by atomic mass is 9.77. The number of carbonyl (C=O) groups is 1. The molecule has 3 nitrogen and oxygen atoms in total. The molecule has 2 aliphatic rings. The van der Waals surface area contributed by atoms with Crippen molar-refractivity contribution in [3.05, 3.63) is 0 Å². The van der Waals surface area contributed by atoms with Crippen LogP contribution in [0, 0.1) is 11.8 Å². The molecule has 1 aliphatic heterocycles. The number of nitrogens with zero attached hydrogens (tertiary/aromatic N) is 1. The number of nitrogens with two attached hydrogens (primary N) is 1. The molecule has 0 spiro atoms. The van der Waals surface area contributed by atoms with Crippen LogP contribution in [0.25, 0.3) is 0 Å². The zero-order valence-electron chi connectivity index (χ0n) is 10.3. The fourth-order valence-corrected chi connectivity index (χ4v) is 3.15. The summed E-state index contributed by atoms with van der Waals surface area (Å²) in [5.74, 6) is 1.12. The Labute approximate surface area is 98.4 Å². The summed E-state index contributed by atoms with van der Waals surface area (Å²) < 4.78 is 0. The van der Waals surface area contributed by atoms with Crippen molar-refractivity contribution >= 4 is 5.91 Å². The average Bonchev–Trinajstić information content (AvgIpc) is 2.29. The lowest BCUT2D eigenvalue weighted by Crippen LogP contribution is -2.44. The molecule has 0 bridgehead atoms. The Kier molecular flexibility index (Phi) is 3.85. The van der Waals surface area contributed by atoms with Gasteiger partial charge in [0.1, 0.15) is 0 Å². The number of rotatable bonds is 1. The van der Waals surface area contributed by atoms with E-state index < -0.39 is 0 Å². The summed E-state index contributed by atoms with van der Waals surface area (Å²) in [6.45, 7) is 4.15. The highest BCUT2D eigenvalue weighted by molar-refractivity contribution is 5.79. The quantitative estimate of drug-likeness (QED) is 0.737. The van der Waals surface area contributed by atoms with Crippen LogP contribution in [0.3, 0.4) is 0 Å². The van der Waals surface area contributed by atoms with E-state index in [0.717, 1.165) is 32.4 Å². The molecule has 1 saturated heterocycles. The molecule has 2 rings (SSSR count). The van der Waals surface area contributed by atoms with Crippen molar-refractivity contribution in [3.63, 3.8) is 0 Å². The van der Waals surface area contributed by atoms with Crippen molar-refractivity contribution in [1.29, 1.82) is 0 Å². The number of carbonyl (C=O) groups excluding carboxylic acids is 1. The Morgan fingerprint density at radius 3 is 2.50 bits per heavy atom. The maximum Gasteiger partial charge on any atom is 0.225 e. The first kappa shape index (κ1) is 11.9. The number of piperidine rings is 1. The lowest BCUT2D eigenvalue weighted by Gasteiger charge is -2.36. The molecule has 92 valence electrons. The summed E-state index contributed by atoms with van der Waals surface area (Å²) in [5.41, 5.74) is 5.94. The number of hydrogen-bond acceptors (Lipinski definition) is 2. The molecule has 3 unspecified atom stereocenters. The van der Waals surface area contributed by atoms with E-state index >= 15 is 0 Å². The third kappa shape index (κ3) is 2.57. The largest absolute Gasteiger partial charge is 0.342 e. The van der Waals surface area contributed by atoms with Crippen LogP contribution in [0.4, 0.5) is 0 Å². The molecule has 0 radical (unpaired) electrons. The minimum Gasteiger partial charge on any atom is -0.342 e. The van der Waals surface area contributed by atoms with Gasteiger partial charge in [-0.05, 0) is 44.4 Å². The normalized spacial score (nSPS) is 36.1. The van der Waals surface area contributed by atoms with E-state index in [1.807, 2.05) is 0 Å². The summed E-state index contributed by atoms with van der Waals surface area (Å²) in [5, 5.41) is 0. The molecule has 1 heterocycles. The van der Waals surface area contributed by atoms with Crippen molar-refractivity contribution in [2.45, 2.75) is 51.5 Å². The van der Waals surface area contributed by atoms with Crippen LogP contribution in [0.5, 0.6) is 0 Å². The fourth-order valence-electron chi connectivity index (χ4n) is 3.15. The molecule has 3 heteroatoms. The third-order valence-corrected chi connectivity index (χ3v) is 4.19. The summed E-state index contributed by atoms with van der Waals surface area (Å²) in [7, 11) is 0. The molecule has 16 heavy (non-hydrogen) atoms. The minimum atomic E-state index is 0.248. The Morgan fingerprint density at radius 1 is 1.19 bits per heavy atom. The van der Waals surface area contributed by atoms with E-state index in [1.165, 1.54) is 19.3 Å². The zero-order valence-corrected chi connectivity index (χ0v) is 10.3. The van der Waals surface area contributed by atoms with Gasteiger partial charge in [-0.25, -0.2) is 0 Å². The summed E-state index contributed by atoms with van der Waals surface area (Å²) in [6.07, 6.45) is 6.70. The molecule has 2 fully saturated rings. The maximum absolute atomic E-state index is 12.4. The first-order valence-corrected chi connectivity index (χ1v) is 6.73. The van der Waals surface area contributed by atoms with Crippen molar-refractivity contribution in [2.24, 2.45) is 17.6 Å². The summed E-state index contributed by atoms with van der Waals surface area (Å²) >= 11 is 0. The van der Waals surface area contributed by atoms with Gasteiger partial charge in [0.25, 0.3) is 0 Å².